The van der Waals surface area contributed by atoms with Crippen molar-refractivity contribution in [2.24, 2.45) is 0 Å². The molecule has 0 aliphatic rings. The van der Waals surface area contributed by atoms with Crippen molar-refractivity contribution >= 4 is 14.6 Å². The lowest BCUT2D eigenvalue weighted by molar-refractivity contribution is -0.374. The molecule has 0 aliphatic carbocycles. The van der Waals surface area contributed by atoms with Crippen LogP contribution in [-0.2, 0) is 4.57 Å². The van der Waals surface area contributed by atoms with Crippen molar-refractivity contribution in [1.29, 1.82) is 0 Å². The molecule has 0 aromatic heterocycles. The lowest BCUT2D eigenvalue weighted by Gasteiger charge is -2.25. The van der Waals surface area contributed by atoms with Crippen LogP contribution in [0.25, 0.3) is 0 Å². The van der Waals surface area contributed by atoms with Crippen LogP contribution in [-0.4, -0.2) is 24.7 Å². The summed E-state index contributed by atoms with van der Waals surface area (Å²) in [5.74, 6) is 0. The molecule has 0 atom stereocenters. The number of hydrogen-bond donors (Lipinski definition) is 4. The standard InChI is InChI=1S/B2H2O5.2H3N/c3-1(4)7-2(5)6;;/h3-4H;2*1H3/q-2;;/p+2. The van der Waals surface area contributed by atoms with E-state index in [0.29, 0.717) is 0 Å². The molecule has 0 aromatic carbocycles. The Hall–Kier alpha value is -0.150. The zero-order valence-corrected chi connectivity index (χ0v) is 5.27. The van der Waals surface area contributed by atoms with Gasteiger partial charge in [-0.3, -0.25) is 0 Å². The Labute approximate surface area is 52.8 Å². The highest BCUT2D eigenvalue weighted by Gasteiger charge is 2.02. The minimum atomic E-state index is -2.62. The van der Waals surface area contributed by atoms with Crippen LogP contribution < -0.4 is 22.3 Å². The van der Waals surface area contributed by atoms with Gasteiger partial charge in [0.1, 0.15) is 0 Å². The quantitative estimate of drug-likeness (QED) is 0.290. The zero-order valence-electron chi connectivity index (χ0n) is 5.27. The predicted molar refractivity (Wildman–Crippen MR) is 29.0 cm³/mol. The normalized spacial score (nSPS) is 6.67. The smallest absolute Gasteiger partial charge is 0.615 e. The van der Waals surface area contributed by atoms with Crippen molar-refractivity contribution < 1.29 is 24.7 Å². The Bertz CT molecular complexity index is 42.2. The fraction of sp³-hybridized carbons (Fsp3) is 0. The second-order valence-corrected chi connectivity index (χ2v) is 0.751. The van der Waals surface area contributed by atoms with Gasteiger partial charge in [0.15, 0.2) is 0 Å². The highest BCUT2D eigenvalue weighted by atomic mass is 16.7. The van der Waals surface area contributed by atoms with Crippen LogP contribution in [0.1, 0.15) is 0 Å². The van der Waals surface area contributed by atoms with Crippen molar-refractivity contribution in [2.75, 3.05) is 0 Å². The molecule has 0 saturated carbocycles. The van der Waals surface area contributed by atoms with Gasteiger partial charge in [0.2, 0.25) is 0 Å². The molecule has 0 aliphatic heterocycles. The molecule has 9 heavy (non-hydrogen) atoms. The van der Waals surface area contributed by atoms with E-state index in [0.717, 1.165) is 0 Å². The van der Waals surface area contributed by atoms with Crippen LogP contribution in [0.2, 0.25) is 0 Å². The number of rotatable bonds is 2. The van der Waals surface area contributed by atoms with Gasteiger partial charge in [0.05, 0.1) is 0 Å². The first-order valence-electron chi connectivity index (χ1n) is 1.46. The largest absolute Gasteiger partial charge is 0.872 e. The van der Waals surface area contributed by atoms with E-state index in [1.165, 1.54) is 0 Å². The summed E-state index contributed by atoms with van der Waals surface area (Å²) in [6.07, 6.45) is 0. The van der Waals surface area contributed by atoms with E-state index in [2.05, 4.69) is 4.57 Å². The van der Waals surface area contributed by atoms with Crippen LogP contribution in [0, 0.1) is 0 Å². The first-order valence-corrected chi connectivity index (χ1v) is 1.46. The summed E-state index contributed by atoms with van der Waals surface area (Å²) in [6.45, 7) is 0. The molecule has 56 valence electrons. The molecular weight excluding hydrogens is 130 g/mol. The Morgan fingerprint density at radius 3 is 1.44 bits per heavy atom. The highest BCUT2D eigenvalue weighted by Crippen LogP contribution is 1.66. The zero-order chi connectivity index (χ0) is 5.86. The molecular formula is H10B2N2O5. The van der Waals surface area contributed by atoms with Gasteiger partial charge in [0, 0.05) is 7.32 Å². The van der Waals surface area contributed by atoms with Crippen molar-refractivity contribution in [3.63, 3.8) is 0 Å². The molecule has 0 fully saturated rings. The Kier molecular flexibility index (Phi) is 13.9. The van der Waals surface area contributed by atoms with Gasteiger partial charge in [-0.15, -0.1) is 0 Å². The minimum Gasteiger partial charge on any atom is -0.872 e. The molecule has 9 heteroatoms. The summed E-state index contributed by atoms with van der Waals surface area (Å²) in [5.41, 5.74) is 0. The van der Waals surface area contributed by atoms with Crippen molar-refractivity contribution in [2.45, 2.75) is 0 Å². The van der Waals surface area contributed by atoms with E-state index in [9.17, 15) is 10.0 Å². The van der Waals surface area contributed by atoms with Gasteiger partial charge in [-0.2, -0.15) is 0 Å². The molecule has 7 nitrogen and oxygen atoms in total. The molecule has 0 aromatic rings. The molecule has 0 radical (unpaired) electrons. The van der Waals surface area contributed by atoms with E-state index < -0.39 is 14.6 Å². The lowest BCUT2D eigenvalue weighted by Crippen LogP contribution is -2.51. The van der Waals surface area contributed by atoms with Gasteiger partial charge in [-0.1, -0.05) is 0 Å². The average molecular weight is 140 g/mol. The van der Waals surface area contributed by atoms with Gasteiger partial charge >= 0.3 is 7.32 Å². The SMILES string of the molecule is [NH4+].[NH4+].[O-]B([O-])OB(O)O. The third-order valence-corrected chi connectivity index (χ3v) is 0.233. The summed E-state index contributed by atoms with van der Waals surface area (Å²) >= 11 is 0. The second kappa shape index (κ2) is 7.85. The second-order valence-electron chi connectivity index (χ2n) is 0.751. The van der Waals surface area contributed by atoms with Crippen molar-refractivity contribution in [1.82, 2.24) is 12.3 Å². The first kappa shape index (κ1) is 15.9. The van der Waals surface area contributed by atoms with Crippen LogP contribution in [0.3, 0.4) is 0 Å². The Balaban J connectivity index is -0.000000180. The molecule has 0 unspecified atom stereocenters. The first-order chi connectivity index (χ1) is 3.13. The van der Waals surface area contributed by atoms with Crippen molar-refractivity contribution in [3.8, 4) is 0 Å². The van der Waals surface area contributed by atoms with Gasteiger partial charge in [-0.05, 0) is 0 Å². The maximum absolute atomic E-state index is 9.24. The van der Waals surface area contributed by atoms with E-state index in [1.807, 2.05) is 0 Å². The molecule has 0 heterocycles. The van der Waals surface area contributed by atoms with Crippen LogP contribution in [0.4, 0.5) is 0 Å². The predicted octanol–water partition coefficient (Wildman–Crippen LogP) is -3.57. The Morgan fingerprint density at radius 1 is 1.11 bits per heavy atom. The molecule has 0 bridgehead atoms. The average Bonchev–Trinajstić information content (AvgIpc) is 1.27. The fourth-order valence-corrected chi connectivity index (χ4v) is 0.0994. The Morgan fingerprint density at radius 2 is 1.44 bits per heavy atom. The highest BCUT2D eigenvalue weighted by molar-refractivity contribution is 6.46. The summed E-state index contributed by atoms with van der Waals surface area (Å²) < 4.78 is 3.25. The third-order valence-electron chi connectivity index (χ3n) is 0.233. The number of quaternary nitrogens is 2. The summed E-state index contributed by atoms with van der Waals surface area (Å²) in [5, 5.41) is 33.8. The van der Waals surface area contributed by atoms with E-state index in [4.69, 9.17) is 10.0 Å². The molecule has 0 saturated heterocycles. The summed E-state index contributed by atoms with van der Waals surface area (Å²) in [6, 6.07) is 0. The molecule has 10 N–H and O–H groups in total. The van der Waals surface area contributed by atoms with Gasteiger partial charge in [-0.25, -0.2) is 0 Å². The van der Waals surface area contributed by atoms with E-state index in [-0.39, 0.29) is 12.3 Å². The molecule has 0 spiro atoms. The summed E-state index contributed by atoms with van der Waals surface area (Å²) in [7, 11) is -4.88. The van der Waals surface area contributed by atoms with E-state index in [1.54, 1.807) is 0 Å². The van der Waals surface area contributed by atoms with Crippen LogP contribution in [0.5, 0.6) is 0 Å². The summed E-state index contributed by atoms with van der Waals surface area (Å²) in [4.78, 5) is 0. The van der Waals surface area contributed by atoms with Gasteiger partial charge in [0.25, 0.3) is 0 Å². The lowest BCUT2D eigenvalue weighted by atomic mass is 10.1. The topological polar surface area (TPSA) is 169 Å². The third kappa shape index (κ3) is 18.1. The maximum Gasteiger partial charge on any atom is 0.615 e. The van der Waals surface area contributed by atoms with Gasteiger partial charge < -0.3 is 37.0 Å². The fourth-order valence-electron chi connectivity index (χ4n) is 0.0994. The maximum atomic E-state index is 9.24. The number of hydrogen-bond acceptors (Lipinski definition) is 5. The van der Waals surface area contributed by atoms with E-state index >= 15 is 0 Å². The van der Waals surface area contributed by atoms with Crippen molar-refractivity contribution in [3.05, 3.63) is 0 Å². The molecule has 0 amide bonds. The monoisotopic (exact) mass is 140 g/mol. The van der Waals surface area contributed by atoms with Crippen LogP contribution in [0.15, 0.2) is 0 Å². The molecule has 0 rings (SSSR count). The minimum absolute atomic E-state index is 0. The van der Waals surface area contributed by atoms with Crippen LogP contribution >= 0.6 is 0 Å².